The molecule has 1 saturated heterocycles. The Morgan fingerprint density at radius 2 is 1.89 bits per heavy atom. The third-order valence-electron chi connectivity index (χ3n) is 3.51. The molecule has 1 fully saturated rings. The van der Waals surface area contributed by atoms with Gasteiger partial charge >= 0.3 is 0 Å². The summed E-state index contributed by atoms with van der Waals surface area (Å²) in [5.41, 5.74) is 6.75. The summed E-state index contributed by atoms with van der Waals surface area (Å²) in [5.74, 6) is 1.02. The van der Waals surface area contributed by atoms with Gasteiger partial charge in [0.05, 0.1) is 0 Å². The van der Waals surface area contributed by atoms with E-state index in [-0.39, 0.29) is 0 Å². The van der Waals surface area contributed by atoms with Crippen molar-refractivity contribution in [3.05, 3.63) is 29.4 Å². The first-order valence-electron chi connectivity index (χ1n) is 6.34. The first-order chi connectivity index (χ1) is 8.75. The number of nitrogens with two attached hydrogens (primary N) is 1. The highest BCUT2D eigenvalue weighted by atomic mass is 35.5. The van der Waals surface area contributed by atoms with E-state index in [9.17, 15) is 0 Å². The summed E-state index contributed by atoms with van der Waals surface area (Å²) in [6, 6.07) is 5.71. The van der Waals surface area contributed by atoms with E-state index in [1.807, 2.05) is 18.3 Å². The second kappa shape index (κ2) is 4.65. The van der Waals surface area contributed by atoms with Gasteiger partial charge in [0.2, 0.25) is 0 Å². The van der Waals surface area contributed by atoms with Gasteiger partial charge in [0, 0.05) is 40.8 Å². The molecule has 1 aliphatic heterocycles. The molecule has 0 atom stereocenters. The minimum Gasteiger partial charge on any atom is -0.398 e. The van der Waals surface area contributed by atoms with Crippen LogP contribution in [0.5, 0.6) is 0 Å². The van der Waals surface area contributed by atoms with Crippen LogP contribution in [-0.2, 0) is 0 Å². The topological polar surface area (TPSA) is 42.1 Å². The van der Waals surface area contributed by atoms with Crippen molar-refractivity contribution in [1.82, 2.24) is 4.98 Å². The third kappa shape index (κ3) is 1.99. The van der Waals surface area contributed by atoms with Crippen LogP contribution in [-0.4, -0.2) is 18.1 Å². The Hall–Kier alpha value is -1.48. The van der Waals surface area contributed by atoms with Crippen molar-refractivity contribution in [2.75, 3.05) is 23.7 Å². The molecule has 0 spiro atoms. The number of aromatic nitrogens is 1. The molecule has 0 aliphatic carbocycles. The summed E-state index contributed by atoms with van der Waals surface area (Å²) in [7, 11) is 0. The number of benzene rings is 1. The van der Waals surface area contributed by atoms with Gasteiger partial charge in [-0.15, -0.1) is 0 Å². The van der Waals surface area contributed by atoms with Crippen molar-refractivity contribution < 1.29 is 0 Å². The van der Waals surface area contributed by atoms with Crippen molar-refractivity contribution in [2.45, 2.75) is 19.3 Å². The lowest BCUT2D eigenvalue weighted by Crippen LogP contribution is -2.30. The first kappa shape index (κ1) is 11.6. The fourth-order valence-corrected chi connectivity index (χ4v) is 2.85. The average Bonchev–Trinajstić information content (AvgIpc) is 2.39. The molecular weight excluding hydrogens is 246 g/mol. The maximum absolute atomic E-state index is 6.11. The zero-order valence-electron chi connectivity index (χ0n) is 10.2. The quantitative estimate of drug-likeness (QED) is 0.800. The molecule has 2 aromatic rings. The lowest BCUT2D eigenvalue weighted by Gasteiger charge is -2.28. The standard InChI is InChI=1S/C14H16ClN3/c15-10-8-12-11(13(16)9-10)4-5-17-14(12)18-6-2-1-3-7-18/h4-5,8-9H,1-3,6-7,16H2. The Morgan fingerprint density at radius 3 is 2.67 bits per heavy atom. The monoisotopic (exact) mass is 261 g/mol. The van der Waals surface area contributed by atoms with Gasteiger partial charge in [0.25, 0.3) is 0 Å². The van der Waals surface area contributed by atoms with Crippen LogP contribution in [0.3, 0.4) is 0 Å². The van der Waals surface area contributed by atoms with Crippen molar-refractivity contribution in [3.8, 4) is 0 Å². The summed E-state index contributed by atoms with van der Waals surface area (Å²) in [5, 5.41) is 2.77. The van der Waals surface area contributed by atoms with Crippen LogP contribution in [0.1, 0.15) is 19.3 Å². The van der Waals surface area contributed by atoms with Gasteiger partial charge in [0.15, 0.2) is 0 Å². The number of pyridine rings is 1. The molecule has 18 heavy (non-hydrogen) atoms. The number of hydrogen-bond donors (Lipinski definition) is 1. The number of rotatable bonds is 1. The number of nitrogen functional groups attached to an aromatic ring is 1. The Morgan fingerprint density at radius 1 is 1.11 bits per heavy atom. The highest BCUT2D eigenvalue weighted by Gasteiger charge is 2.15. The van der Waals surface area contributed by atoms with Crippen LogP contribution in [0.4, 0.5) is 11.5 Å². The second-order valence-corrected chi connectivity index (χ2v) is 5.21. The average molecular weight is 262 g/mol. The summed E-state index contributed by atoms with van der Waals surface area (Å²) in [6.45, 7) is 2.14. The van der Waals surface area contributed by atoms with E-state index in [2.05, 4.69) is 9.88 Å². The molecule has 3 rings (SSSR count). The lowest BCUT2D eigenvalue weighted by molar-refractivity contribution is 0.575. The van der Waals surface area contributed by atoms with Crippen molar-refractivity contribution in [2.24, 2.45) is 0 Å². The maximum atomic E-state index is 6.11. The highest BCUT2D eigenvalue weighted by molar-refractivity contribution is 6.32. The van der Waals surface area contributed by atoms with Gasteiger partial charge in [-0.25, -0.2) is 4.98 Å². The Kier molecular flexibility index (Phi) is 3.00. The molecule has 0 radical (unpaired) electrons. The van der Waals surface area contributed by atoms with Crippen LogP contribution in [0.25, 0.3) is 10.8 Å². The van der Waals surface area contributed by atoms with Gasteiger partial charge in [0.1, 0.15) is 5.82 Å². The molecule has 0 bridgehead atoms. The van der Waals surface area contributed by atoms with Crippen LogP contribution in [0.15, 0.2) is 24.4 Å². The third-order valence-corrected chi connectivity index (χ3v) is 3.73. The van der Waals surface area contributed by atoms with Crippen LogP contribution in [0.2, 0.25) is 5.02 Å². The lowest BCUT2D eigenvalue weighted by atomic mass is 10.1. The number of fused-ring (bicyclic) bond motifs is 1. The van der Waals surface area contributed by atoms with Crippen LogP contribution >= 0.6 is 11.6 Å². The fraction of sp³-hybridized carbons (Fsp3) is 0.357. The van der Waals surface area contributed by atoms with E-state index < -0.39 is 0 Å². The SMILES string of the molecule is Nc1cc(Cl)cc2c(N3CCCCC3)nccc12. The van der Waals surface area contributed by atoms with E-state index in [1.54, 1.807) is 6.07 Å². The molecule has 4 heteroatoms. The van der Waals surface area contributed by atoms with Crippen molar-refractivity contribution >= 4 is 33.9 Å². The molecule has 1 aromatic carbocycles. The second-order valence-electron chi connectivity index (χ2n) is 4.77. The minimum atomic E-state index is 0.672. The zero-order chi connectivity index (χ0) is 12.5. The predicted octanol–water partition coefficient (Wildman–Crippen LogP) is 3.46. The molecule has 0 unspecified atom stereocenters. The number of piperidine rings is 1. The molecule has 0 saturated carbocycles. The molecule has 3 nitrogen and oxygen atoms in total. The maximum Gasteiger partial charge on any atom is 0.136 e. The molecule has 1 aromatic heterocycles. The summed E-state index contributed by atoms with van der Waals surface area (Å²) in [4.78, 5) is 6.86. The molecule has 1 aliphatic rings. The highest BCUT2D eigenvalue weighted by Crippen LogP contribution is 2.32. The smallest absolute Gasteiger partial charge is 0.136 e. The van der Waals surface area contributed by atoms with Crippen molar-refractivity contribution in [3.63, 3.8) is 0 Å². The number of anilines is 2. The summed E-state index contributed by atoms with van der Waals surface area (Å²) in [6.07, 6.45) is 5.60. The Balaban J connectivity index is 2.16. The van der Waals surface area contributed by atoms with Gasteiger partial charge in [-0.2, -0.15) is 0 Å². The zero-order valence-corrected chi connectivity index (χ0v) is 11.0. The minimum absolute atomic E-state index is 0.672. The first-order valence-corrected chi connectivity index (χ1v) is 6.72. The van der Waals surface area contributed by atoms with E-state index >= 15 is 0 Å². The molecule has 0 amide bonds. The van der Waals surface area contributed by atoms with E-state index in [4.69, 9.17) is 17.3 Å². The van der Waals surface area contributed by atoms with E-state index in [0.717, 1.165) is 35.4 Å². The molecule has 2 N–H and O–H groups in total. The molecule has 2 heterocycles. The Labute approximate surface area is 112 Å². The van der Waals surface area contributed by atoms with E-state index in [0.29, 0.717) is 5.02 Å². The normalized spacial score (nSPS) is 16.2. The van der Waals surface area contributed by atoms with Crippen molar-refractivity contribution in [1.29, 1.82) is 0 Å². The number of halogens is 1. The van der Waals surface area contributed by atoms with Gasteiger partial charge in [-0.3, -0.25) is 0 Å². The van der Waals surface area contributed by atoms with Crippen LogP contribution in [0, 0.1) is 0 Å². The molecule has 94 valence electrons. The van der Waals surface area contributed by atoms with Gasteiger partial charge < -0.3 is 10.6 Å². The largest absolute Gasteiger partial charge is 0.398 e. The fourth-order valence-electron chi connectivity index (χ4n) is 2.62. The van der Waals surface area contributed by atoms with E-state index in [1.165, 1.54) is 19.3 Å². The molecular formula is C14H16ClN3. The van der Waals surface area contributed by atoms with Crippen LogP contribution < -0.4 is 10.6 Å². The Bertz CT molecular complexity index is 577. The summed E-state index contributed by atoms with van der Waals surface area (Å²) >= 11 is 6.11. The number of hydrogen-bond acceptors (Lipinski definition) is 3. The van der Waals surface area contributed by atoms with Gasteiger partial charge in [-0.05, 0) is 37.5 Å². The summed E-state index contributed by atoms with van der Waals surface area (Å²) < 4.78 is 0. The predicted molar refractivity (Wildman–Crippen MR) is 77.2 cm³/mol. The van der Waals surface area contributed by atoms with Gasteiger partial charge in [-0.1, -0.05) is 11.6 Å². The number of nitrogens with zero attached hydrogens (tertiary/aromatic N) is 2.